The summed E-state index contributed by atoms with van der Waals surface area (Å²) in [4.78, 5) is 5.79. The summed E-state index contributed by atoms with van der Waals surface area (Å²) in [7, 11) is 1.84. The molecule has 3 aromatic carbocycles. The number of hydrogen-bond acceptors (Lipinski definition) is 4. The normalized spacial score (nSPS) is 14.4. The first kappa shape index (κ1) is 20.0. The van der Waals surface area contributed by atoms with Crippen molar-refractivity contribution in [1.29, 1.82) is 0 Å². The van der Waals surface area contributed by atoms with Gasteiger partial charge in [-0.05, 0) is 35.9 Å². The second kappa shape index (κ2) is 7.84. The molecule has 154 valence electrons. The average Bonchev–Trinajstić information content (AvgIpc) is 3.25. The fraction of sp³-hybridized carbons (Fsp3) is 0.217. The Hall–Kier alpha value is -3.32. The minimum atomic E-state index is -1.70. The fourth-order valence-corrected chi connectivity index (χ4v) is 3.78. The van der Waals surface area contributed by atoms with E-state index in [1.807, 2.05) is 54.4 Å². The summed E-state index contributed by atoms with van der Waals surface area (Å²) in [5.41, 5.74) is -0.841. The van der Waals surface area contributed by atoms with Crippen LogP contribution in [0.2, 0.25) is 0 Å². The molecule has 0 amide bonds. The molecule has 0 spiro atoms. The number of nitrogens with zero attached hydrogens (tertiary/aromatic N) is 4. The molecule has 0 fully saturated rings. The quantitative estimate of drug-likeness (QED) is 0.521. The molecule has 30 heavy (non-hydrogen) atoms. The monoisotopic (exact) mass is 408 g/mol. The lowest BCUT2D eigenvalue weighted by atomic mass is 9.85. The summed E-state index contributed by atoms with van der Waals surface area (Å²) in [6, 6.07) is 16.6. The molecule has 0 saturated carbocycles. The highest BCUT2D eigenvalue weighted by molar-refractivity contribution is 5.85. The lowest BCUT2D eigenvalue weighted by Crippen LogP contribution is -2.51. The summed E-state index contributed by atoms with van der Waals surface area (Å²) >= 11 is 0. The molecule has 4 rings (SSSR count). The van der Waals surface area contributed by atoms with E-state index in [0.29, 0.717) is 0 Å². The lowest BCUT2D eigenvalue weighted by Gasteiger charge is -2.41. The van der Waals surface area contributed by atoms with Crippen molar-refractivity contribution in [2.24, 2.45) is 0 Å². The van der Waals surface area contributed by atoms with E-state index in [4.69, 9.17) is 0 Å². The first-order valence-corrected chi connectivity index (χ1v) is 9.60. The minimum absolute atomic E-state index is 0.000427. The van der Waals surface area contributed by atoms with Gasteiger partial charge in [0.2, 0.25) is 0 Å². The molecule has 0 unspecified atom stereocenters. The summed E-state index contributed by atoms with van der Waals surface area (Å²) in [6.45, 7) is 1.75. The third-order valence-electron chi connectivity index (χ3n) is 5.68. The van der Waals surface area contributed by atoms with Crippen LogP contribution < -0.4 is 4.90 Å². The van der Waals surface area contributed by atoms with Crippen molar-refractivity contribution in [2.45, 2.75) is 25.1 Å². The van der Waals surface area contributed by atoms with Crippen molar-refractivity contribution >= 4 is 16.5 Å². The van der Waals surface area contributed by atoms with Crippen molar-refractivity contribution in [3.8, 4) is 0 Å². The number of hydrogen-bond donors (Lipinski definition) is 1. The van der Waals surface area contributed by atoms with E-state index >= 15 is 0 Å². The van der Waals surface area contributed by atoms with Gasteiger partial charge in [0.15, 0.2) is 0 Å². The number of benzene rings is 3. The Labute approximate surface area is 173 Å². The maximum atomic E-state index is 14.7. The molecule has 1 heterocycles. The lowest BCUT2D eigenvalue weighted by molar-refractivity contribution is -0.00977. The van der Waals surface area contributed by atoms with Gasteiger partial charge in [-0.2, -0.15) is 5.10 Å². The van der Waals surface area contributed by atoms with E-state index in [1.165, 1.54) is 23.4 Å². The Morgan fingerprint density at radius 3 is 2.53 bits per heavy atom. The smallest absolute Gasteiger partial charge is 0.137 e. The molecule has 0 aliphatic carbocycles. The number of aromatic nitrogens is 3. The number of halogens is 2. The molecule has 0 radical (unpaired) electrons. The number of aliphatic hydroxyl groups is 1. The van der Waals surface area contributed by atoms with Gasteiger partial charge in [0.25, 0.3) is 0 Å². The van der Waals surface area contributed by atoms with Gasteiger partial charge in [0, 0.05) is 24.4 Å². The van der Waals surface area contributed by atoms with Gasteiger partial charge in [0.1, 0.15) is 29.9 Å². The van der Waals surface area contributed by atoms with Crippen molar-refractivity contribution in [2.75, 3.05) is 11.9 Å². The van der Waals surface area contributed by atoms with Gasteiger partial charge in [-0.25, -0.2) is 18.4 Å². The summed E-state index contributed by atoms with van der Waals surface area (Å²) in [6.07, 6.45) is 2.80. The van der Waals surface area contributed by atoms with E-state index in [-0.39, 0.29) is 12.1 Å². The Kier molecular flexibility index (Phi) is 5.22. The highest BCUT2D eigenvalue weighted by atomic mass is 19.1. The van der Waals surface area contributed by atoms with Crippen LogP contribution in [0.5, 0.6) is 0 Å². The Balaban J connectivity index is 1.76. The van der Waals surface area contributed by atoms with Crippen LogP contribution in [0.25, 0.3) is 10.8 Å². The predicted octanol–water partition coefficient (Wildman–Crippen LogP) is 4.12. The largest absolute Gasteiger partial charge is 0.381 e. The number of likely N-dealkylation sites (N-methyl/N-ethyl adjacent to an activating group) is 1. The van der Waals surface area contributed by atoms with Gasteiger partial charge in [-0.3, -0.25) is 0 Å². The molecule has 1 aromatic heterocycles. The second-order valence-corrected chi connectivity index (χ2v) is 7.46. The zero-order chi connectivity index (χ0) is 21.3. The van der Waals surface area contributed by atoms with Crippen LogP contribution in [0.4, 0.5) is 14.5 Å². The van der Waals surface area contributed by atoms with Crippen LogP contribution in [-0.4, -0.2) is 33.0 Å². The van der Waals surface area contributed by atoms with Crippen LogP contribution in [-0.2, 0) is 12.1 Å². The fourth-order valence-electron chi connectivity index (χ4n) is 3.78. The number of rotatable bonds is 6. The zero-order valence-electron chi connectivity index (χ0n) is 16.7. The van der Waals surface area contributed by atoms with Crippen molar-refractivity contribution in [3.63, 3.8) is 0 Å². The molecule has 0 aliphatic rings. The summed E-state index contributed by atoms with van der Waals surface area (Å²) in [5.74, 6) is -1.51. The van der Waals surface area contributed by atoms with Crippen LogP contribution in [0, 0.1) is 11.6 Å². The van der Waals surface area contributed by atoms with Gasteiger partial charge < -0.3 is 10.0 Å². The molecule has 0 bridgehead atoms. The maximum absolute atomic E-state index is 14.7. The highest BCUT2D eigenvalue weighted by Gasteiger charge is 2.41. The van der Waals surface area contributed by atoms with E-state index in [9.17, 15) is 13.9 Å². The van der Waals surface area contributed by atoms with Crippen LogP contribution in [0.1, 0.15) is 12.5 Å². The van der Waals surface area contributed by atoms with Crippen molar-refractivity contribution in [1.82, 2.24) is 14.8 Å². The molecular weight excluding hydrogens is 386 g/mol. The number of fused-ring (bicyclic) bond motifs is 1. The van der Waals surface area contributed by atoms with Crippen LogP contribution in [0.3, 0.4) is 0 Å². The molecule has 5 nitrogen and oxygen atoms in total. The minimum Gasteiger partial charge on any atom is -0.381 e. The second-order valence-electron chi connectivity index (χ2n) is 7.46. The molecule has 2 atom stereocenters. The Morgan fingerprint density at radius 2 is 1.83 bits per heavy atom. The molecule has 1 N–H and O–H groups in total. The predicted molar refractivity (Wildman–Crippen MR) is 112 cm³/mol. The first-order chi connectivity index (χ1) is 14.4. The molecular formula is C23H22F2N4O. The highest BCUT2D eigenvalue weighted by Crippen LogP contribution is 2.34. The molecule has 7 heteroatoms. The zero-order valence-corrected chi connectivity index (χ0v) is 16.7. The third kappa shape index (κ3) is 3.64. The number of anilines is 1. The van der Waals surface area contributed by atoms with Gasteiger partial charge in [-0.15, -0.1) is 0 Å². The van der Waals surface area contributed by atoms with E-state index in [2.05, 4.69) is 10.1 Å². The Bertz CT molecular complexity index is 1170. The van der Waals surface area contributed by atoms with Crippen molar-refractivity contribution in [3.05, 3.63) is 90.5 Å². The average molecular weight is 408 g/mol. The summed E-state index contributed by atoms with van der Waals surface area (Å²) < 4.78 is 29.7. The van der Waals surface area contributed by atoms with E-state index in [1.54, 1.807) is 6.92 Å². The Morgan fingerprint density at radius 1 is 1.07 bits per heavy atom. The third-order valence-corrected chi connectivity index (χ3v) is 5.68. The first-order valence-electron chi connectivity index (χ1n) is 9.60. The van der Waals surface area contributed by atoms with Gasteiger partial charge in [-0.1, -0.05) is 36.4 Å². The van der Waals surface area contributed by atoms with Crippen molar-refractivity contribution < 1.29 is 13.9 Å². The van der Waals surface area contributed by atoms with E-state index in [0.717, 1.165) is 28.6 Å². The molecule has 0 saturated heterocycles. The molecule has 4 aromatic rings. The topological polar surface area (TPSA) is 54.2 Å². The summed E-state index contributed by atoms with van der Waals surface area (Å²) in [5, 5.41) is 18.0. The SMILES string of the molecule is C[C@H](N(C)c1ccc2ccccc2c1)[C@@](O)(Cn1cncn1)c1ccc(F)cc1F. The molecule has 0 aliphatic heterocycles. The maximum Gasteiger partial charge on any atom is 0.137 e. The van der Waals surface area contributed by atoms with E-state index < -0.39 is 23.3 Å². The van der Waals surface area contributed by atoms with Gasteiger partial charge in [0.05, 0.1) is 12.6 Å². The van der Waals surface area contributed by atoms with Gasteiger partial charge >= 0.3 is 0 Å². The standard InChI is InChI=1S/C23H22F2N4O/c1-16(28(2)20-9-7-17-5-3-4-6-18(17)11-20)23(30,13-29-15-26-14-27-29)21-10-8-19(24)12-22(21)25/h3-12,14-16,30H,13H2,1-2H3/t16-,23-/m0/s1. The van der Waals surface area contributed by atoms with Crippen LogP contribution in [0.15, 0.2) is 73.3 Å². The van der Waals surface area contributed by atoms with Crippen LogP contribution >= 0.6 is 0 Å².